The van der Waals surface area contributed by atoms with Crippen LogP contribution in [0.5, 0.6) is 5.75 Å². The van der Waals surface area contributed by atoms with Crippen LogP contribution < -0.4 is 10.6 Å². The van der Waals surface area contributed by atoms with Crippen molar-refractivity contribution in [3.63, 3.8) is 0 Å². The van der Waals surface area contributed by atoms with Gasteiger partial charge in [0.25, 0.3) is 0 Å². The van der Waals surface area contributed by atoms with Crippen molar-refractivity contribution in [3.05, 3.63) is 30.0 Å². The van der Waals surface area contributed by atoms with Gasteiger partial charge in [-0.2, -0.15) is 9.78 Å². The van der Waals surface area contributed by atoms with E-state index in [0.717, 1.165) is 31.4 Å². The molecule has 0 bridgehead atoms. The molecule has 2 aliphatic carbocycles. The molecule has 1 aromatic heterocycles. The third-order valence-electron chi connectivity index (χ3n) is 4.42. The lowest BCUT2D eigenvalue weighted by Crippen LogP contribution is -2.32. The lowest BCUT2D eigenvalue weighted by molar-refractivity contribution is -0.114. The van der Waals surface area contributed by atoms with Gasteiger partial charge in [-0.05, 0) is 49.9 Å². The van der Waals surface area contributed by atoms with Crippen LogP contribution >= 0.6 is 0 Å². The molecule has 0 saturated heterocycles. The Labute approximate surface area is 145 Å². The fraction of sp³-hybridized carbons (Fsp3) is 0.389. The van der Waals surface area contributed by atoms with Crippen molar-refractivity contribution in [2.24, 2.45) is 0 Å². The van der Waals surface area contributed by atoms with E-state index < -0.39 is 0 Å². The molecule has 2 aliphatic rings. The molecule has 2 fully saturated rings. The number of nitrogens with one attached hydrogen (secondary N) is 2. The maximum absolute atomic E-state index is 12.5. The number of anilines is 1. The SMILES string of the molecule is CC(=O)Nc1ccc(O)c(-c2cc(C3CC3)n(C(=O)NC3CC3)n2)c1. The molecule has 130 valence electrons. The Morgan fingerprint density at radius 3 is 2.60 bits per heavy atom. The van der Waals surface area contributed by atoms with Crippen molar-refractivity contribution in [1.82, 2.24) is 15.1 Å². The number of nitrogens with zero attached hydrogens (tertiary/aromatic N) is 2. The van der Waals surface area contributed by atoms with Crippen molar-refractivity contribution in [3.8, 4) is 17.0 Å². The molecule has 2 aromatic rings. The van der Waals surface area contributed by atoms with E-state index in [1.807, 2.05) is 6.07 Å². The first-order valence-corrected chi connectivity index (χ1v) is 8.53. The zero-order chi connectivity index (χ0) is 17.6. The number of benzene rings is 1. The zero-order valence-electron chi connectivity index (χ0n) is 14.0. The van der Waals surface area contributed by atoms with E-state index >= 15 is 0 Å². The molecule has 7 nitrogen and oxygen atoms in total. The Hall–Kier alpha value is -2.83. The van der Waals surface area contributed by atoms with Gasteiger partial charge in [-0.1, -0.05) is 0 Å². The van der Waals surface area contributed by atoms with Crippen LogP contribution in [0, 0.1) is 0 Å². The van der Waals surface area contributed by atoms with Crippen LogP contribution in [0.1, 0.15) is 44.2 Å². The Kier molecular flexibility index (Phi) is 3.71. The molecule has 7 heteroatoms. The van der Waals surface area contributed by atoms with E-state index in [1.54, 1.807) is 12.1 Å². The molecule has 0 unspecified atom stereocenters. The van der Waals surface area contributed by atoms with Crippen LogP contribution in [0.25, 0.3) is 11.3 Å². The normalized spacial score (nSPS) is 16.5. The van der Waals surface area contributed by atoms with Gasteiger partial charge in [0.1, 0.15) is 5.75 Å². The van der Waals surface area contributed by atoms with E-state index in [4.69, 9.17) is 0 Å². The summed E-state index contributed by atoms with van der Waals surface area (Å²) in [6, 6.07) is 6.70. The number of hydrogen-bond acceptors (Lipinski definition) is 4. The second-order valence-corrected chi connectivity index (χ2v) is 6.78. The summed E-state index contributed by atoms with van der Waals surface area (Å²) in [7, 11) is 0. The summed E-state index contributed by atoms with van der Waals surface area (Å²) in [6.07, 6.45) is 4.11. The highest BCUT2D eigenvalue weighted by Crippen LogP contribution is 2.42. The van der Waals surface area contributed by atoms with Gasteiger partial charge in [0.05, 0.1) is 11.4 Å². The number of phenolic OH excluding ortho intramolecular Hbond substituents is 1. The van der Waals surface area contributed by atoms with Crippen LogP contribution in [0.3, 0.4) is 0 Å². The number of carbonyl (C=O) groups is 2. The molecule has 2 amide bonds. The highest BCUT2D eigenvalue weighted by molar-refractivity contribution is 5.90. The summed E-state index contributed by atoms with van der Waals surface area (Å²) < 4.78 is 1.43. The molecule has 1 aromatic carbocycles. The molecule has 0 aliphatic heterocycles. The second-order valence-electron chi connectivity index (χ2n) is 6.78. The third-order valence-corrected chi connectivity index (χ3v) is 4.42. The topological polar surface area (TPSA) is 96.2 Å². The predicted molar refractivity (Wildman–Crippen MR) is 92.6 cm³/mol. The first-order chi connectivity index (χ1) is 12.0. The Balaban J connectivity index is 1.70. The Morgan fingerprint density at radius 1 is 1.20 bits per heavy atom. The van der Waals surface area contributed by atoms with Crippen LogP contribution in [0.4, 0.5) is 10.5 Å². The van der Waals surface area contributed by atoms with Gasteiger partial charge >= 0.3 is 6.03 Å². The van der Waals surface area contributed by atoms with Crippen molar-refractivity contribution < 1.29 is 14.7 Å². The van der Waals surface area contributed by atoms with Gasteiger partial charge in [-0.25, -0.2) is 4.79 Å². The summed E-state index contributed by atoms with van der Waals surface area (Å²) in [5.74, 6) is 0.209. The average Bonchev–Trinajstić information content (AvgIpc) is 3.49. The van der Waals surface area contributed by atoms with Crippen molar-refractivity contribution in [2.75, 3.05) is 5.32 Å². The quantitative estimate of drug-likeness (QED) is 0.746. The van der Waals surface area contributed by atoms with E-state index in [0.29, 0.717) is 22.9 Å². The molecule has 0 radical (unpaired) electrons. The van der Waals surface area contributed by atoms with Crippen LogP contribution in [0.2, 0.25) is 0 Å². The van der Waals surface area contributed by atoms with Gasteiger partial charge in [-0.3, -0.25) is 4.79 Å². The van der Waals surface area contributed by atoms with Crippen molar-refractivity contribution in [1.29, 1.82) is 0 Å². The summed E-state index contributed by atoms with van der Waals surface area (Å²) in [5.41, 5.74) is 2.46. The number of aromatic hydroxyl groups is 1. The van der Waals surface area contributed by atoms with Gasteiger partial charge in [0.2, 0.25) is 5.91 Å². The summed E-state index contributed by atoms with van der Waals surface area (Å²) in [5, 5.41) is 20.3. The molecular formula is C18H20N4O3. The fourth-order valence-corrected chi connectivity index (χ4v) is 2.85. The van der Waals surface area contributed by atoms with Gasteiger partial charge in [-0.15, -0.1) is 0 Å². The minimum absolute atomic E-state index is 0.0590. The maximum Gasteiger partial charge on any atom is 0.342 e. The lowest BCUT2D eigenvalue weighted by atomic mass is 10.1. The van der Waals surface area contributed by atoms with Gasteiger partial charge in [0.15, 0.2) is 0 Å². The largest absolute Gasteiger partial charge is 0.507 e. The standard InChI is InChI=1S/C18H20N4O3/c1-10(23)19-13-6-7-17(24)14(8-13)15-9-16(11-2-3-11)22(21-15)18(25)20-12-4-5-12/h6-9,11-12,24H,2-5H2,1H3,(H,19,23)(H,20,25). The van der Waals surface area contributed by atoms with Crippen molar-refractivity contribution in [2.45, 2.75) is 44.6 Å². The van der Waals surface area contributed by atoms with E-state index in [-0.39, 0.29) is 23.7 Å². The number of hydrogen-bond donors (Lipinski definition) is 3. The fourth-order valence-electron chi connectivity index (χ4n) is 2.85. The third kappa shape index (κ3) is 3.35. The number of rotatable bonds is 4. The zero-order valence-corrected chi connectivity index (χ0v) is 14.0. The molecule has 1 heterocycles. The van der Waals surface area contributed by atoms with E-state index in [9.17, 15) is 14.7 Å². The minimum Gasteiger partial charge on any atom is -0.507 e. The van der Waals surface area contributed by atoms with Gasteiger partial charge in [0, 0.05) is 30.1 Å². The number of aromatic nitrogens is 2. The molecule has 4 rings (SSSR count). The predicted octanol–water partition coefficient (Wildman–Crippen LogP) is 2.81. The molecular weight excluding hydrogens is 320 g/mol. The first-order valence-electron chi connectivity index (χ1n) is 8.53. The summed E-state index contributed by atoms with van der Waals surface area (Å²) >= 11 is 0. The van der Waals surface area contributed by atoms with E-state index in [1.165, 1.54) is 17.7 Å². The van der Waals surface area contributed by atoms with Crippen molar-refractivity contribution >= 4 is 17.6 Å². The molecule has 25 heavy (non-hydrogen) atoms. The molecule has 0 atom stereocenters. The maximum atomic E-state index is 12.5. The first kappa shape index (κ1) is 15.7. The van der Waals surface area contributed by atoms with Gasteiger partial charge < -0.3 is 15.7 Å². The van der Waals surface area contributed by atoms with Crippen LogP contribution in [0.15, 0.2) is 24.3 Å². The minimum atomic E-state index is -0.215. The highest BCUT2D eigenvalue weighted by atomic mass is 16.3. The monoisotopic (exact) mass is 340 g/mol. The highest BCUT2D eigenvalue weighted by Gasteiger charge is 2.32. The number of carbonyl (C=O) groups excluding carboxylic acids is 2. The second kappa shape index (κ2) is 5.91. The average molecular weight is 340 g/mol. The summed E-state index contributed by atoms with van der Waals surface area (Å²) in [4.78, 5) is 23.7. The molecule has 0 spiro atoms. The number of amides is 2. The van der Waals surface area contributed by atoms with E-state index in [2.05, 4.69) is 15.7 Å². The molecule has 2 saturated carbocycles. The number of phenols is 1. The summed E-state index contributed by atoms with van der Waals surface area (Å²) in [6.45, 7) is 1.43. The Morgan fingerprint density at radius 2 is 1.96 bits per heavy atom. The Bertz CT molecular complexity index is 850. The van der Waals surface area contributed by atoms with Crippen LogP contribution in [-0.4, -0.2) is 32.9 Å². The smallest absolute Gasteiger partial charge is 0.342 e. The lowest BCUT2D eigenvalue weighted by Gasteiger charge is -2.07. The van der Waals surface area contributed by atoms with Crippen LogP contribution in [-0.2, 0) is 4.79 Å². The molecule has 3 N–H and O–H groups in total.